The molecule has 26 heavy (non-hydrogen) atoms. The second kappa shape index (κ2) is 10.6. The topological polar surface area (TPSA) is 54.0 Å². The van der Waals surface area contributed by atoms with Gasteiger partial charge in [0.2, 0.25) is 0 Å². The van der Waals surface area contributed by atoms with Gasteiger partial charge in [-0.15, -0.1) is 0 Å². The van der Waals surface area contributed by atoms with Gasteiger partial charge in [-0.2, -0.15) is 0 Å². The fraction of sp³-hybridized carbons (Fsp3) is 0.381. The molecule has 0 aliphatic rings. The van der Waals surface area contributed by atoms with Gasteiger partial charge in [-0.25, -0.2) is 0 Å². The highest BCUT2D eigenvalue weighted by atomic mass is 16.7. The van der Waals surface area contributed by atoms with Gasteiger partial charge in [0.05, 0.1) is 12.7 Å². The van der Waals surface area contributed by atoms with E-state index in [1.165, 1.54) is 0 Å². The summed E-state index contributed by atoms with van der Waals surface area (Å²) in [7, 11) is 1.58. The fourth-order valence-electron chi connectivity index (χ4n) is 2.48. The van der Waals surface area contributed by atoms with Crippen LogP contribution in [0.4, 0.5) is 0 Å². The number of hydrogen-bond donors (Lipinski definition) is 0. The van der Waals surface area contributed by atoms with Crippen molar-refractivity contribution in [2.75, 3.05) is 27.1 Å². The van der Waals surface area contributed by atoms with Crippen LogP contribution in [-0.4, -0.2) is 39.5 Å². The van der Waals surface area contributed by atoms with Gasteiger partial charge in [0.1, 0.15) is 31.2 Å². The zero-order chi connectivity index (χ0) is 18.8. The molecule has 5 nitrogen and oxygen atoms in total. The van der Waals surface area contributed by atoms with Gasteiger partial charge in [0, 0.05) is 19.1 Å². The highest BCUT2D eigenvalue weighted by Crippen LogP contribution is 2.24. The fourth-order valence-corrected chi connectivity index (χ4v) is 2.48. The van der Waals surface area contributed by atoms with E-state index in [0.717, 1.165) is 28.9 Å². The molecule has 0 N–H and O–H groups in total. The Morgan fingerprint density at radius 1 is 1.04 bits per heavy atom. The minimum atomic E-state index is 0.144. The lowest BCUT2D eigenvalue weighted by Gasteiger charge is -2.13. The Hall–Kier alpha value is -2.37. The number of ether oxygens (including phenoxy) is 4. The molecule has 0 spiro atoms. The van der Waals surface area contributed by atoms with Gasteiger partial charge in [-0.3, -0.25) is 4.79 Å². The van der Waals surface area contributed by atoms with E-state index in [1.807, 2.05) is 50.2 Å². The number of hydrogen-bond acceptors (Lipinski definition) is 5. The van der Waals surface area contributed by atoms with Crippen LogP contribution in [0.1, 0.15) is 35.3 Å². The van der Waals surface area contributed by atoms with Crippen molar-refractivity contribution < 1.29 is 23.7 Å². The molecule has 0 unspecified atom stereocenters. The molecule has 5 heteroatoms. The number of benzene rings is 2. The van der Waals surface area contributed by atoms with E-state index in [9.17, 15) is 4.79 Å². The number of carbonyl (C=O) groups is 1. The van der Waals surface area contributed by atoms with E-state index in [2.05, 4.69) is 0 Å². The third-order valence-electron chi connectivity index (χ3n) is 3.60. The normalized spacial score (nSPS) is 10.8. The summed E-state index contributed by atoms with van der Waals surface area (Å²) in [6.45, 7) is 5.09. The van der Waals surface area contributed by atoms with Crippen molar-refractivity contribution in [3.63, 3.8) is 0 Å². The highest BCUT2D eigenvalue weighted by Gasteiger charge is 2.08. The molecule has 0 saturated heterocycles. The van der Waals surface area contributed by atoms with E-state index in [4.69, 9.17) is 18.9 Å². The summed E-state index contributed by atoms with van der Waals surface area (Å²) in [5.41, 5.74) is 2.70. The van der Waals surface area contributed by atoms with E-state index in [1.54, 1.807) is 13.2 Å². The first-order valence-electron chi connectivity index (χ1n) is 8.65. The van der Waals surface area contributed by atoms with Gasteiger partial charge in [0.15, 0.2) is 0 Å². The molecule has 2 aromatic rings. The maximum Gasteiger partial charge on any atom is 0.150 e. The molecule has 0 saturated carbocycles. The van der Waals surface area contributed by atoms with Crippen molar-refractivity contribution in [1.29, 1.82) is 0 Å². The first-order chi connectivity index (χ1) is 12.6. The van der Waals surface area contributed by atoms with Gasteiger partial charge in [0.25, 0.3) is 0 Å². The Kier molecular flexibility index (Phi) is 8.12. The molecule has 2 rings (SSSR count). The minimum absolute atomic E-state index is 0.144. The standard InChI is InChI=1S/C21H26O5/c1-16(2)26-20-7-4-17(5-8-20)12-19-13-18(14-22)6-9-21(19)25-11-10-24-15-23-3/h4-9,13-14,16H,10-12,15H2,1-3H3. The maximum absolute atomic E-state index is 11.1. The van der Waals surface area contributed by atoms with Crippen LogP contribution in [0.2, 0.25) is 0 Å². The third kappa shape index (κ3) is 6.50. The minimum Gasteiger partial charge on any atom is -0.491 e. The van der Waals surface area contributed by atoms with Crippen molar-refractivity contribution in [3.05, 3.63) is 59.2 Å². The van der Waals surface area contributed by atoms with E-state index in [0.29, 0.717) is 25.2 Å². The summed E-state index contributed by atoms with van der Waals surface area (Å²) in [5.74, 6) is 1.59. The molecule has 0 radical (unpaired) electrons. The van der Waals surface area contributed by atoms with Crippen molar-refractivity contribution in [2.45, 2.75) is 26.4 Å². The number of carbonyl (C=O) groups excluding carboxylic acids is 1. The van der Waals surface area contributed by atoms with Gasteiger partial charge < -0.3 is 18.9 Å². The van der Waals surface area contributed by atoms with E-state index in [-0.39, 0.29) is 12.9 Å². The Labute approximate surface area is 154 Å². The molecule has 0 fully saturated rings. The quantitative estimate of drug-likeness (QED) is 0.347. The zero-order valence-electron chi connectivity index (χ0n) is 15.6. The van der Waals surface area contributed by atoms with Crippen LogP contribution in [-0.2, 0) is 15.9 Å². The van der Waals surface area contributed by atoms with Crippen LogP contribution in [0, 0.1) is 0 Å². The Morgan fingerprint density at radius 2 is 1.81 bits per heavy atom. The summed E-state index contributed by atoms with van der Waals surface area (Å²) in [4.78, 5) is 11.1. The van der Waals surface area contributed by atoms with Crippen LogP contribution in [0.3, 0.4) is 0 Å². The van der Waals surface area contributed by atoms with Crippen molar-refractivity contribution in [3.8, 4) is 11.5 Å². The molecule has 140 valence electrons. The van der Waals surface area contributed by atoms with Crippen LogP contribution in [0.5, 0.6) is 11.5 Å². The monoisotopic (exact) mass is 358 g/mol. The van der Waals surface area contributed by atoms with Crippen LogP contribution < -0.4 is 9.47 Å². The predicted molar refractivity (Wildman–Crippen MR) is 100 cm³/mol. The molecule has 0 aromatic heterocycles. The number of aldehydes is 1. The largest absolute Gasteiger partial charge is 0.491 e. The Bertz CT molecular complexity index is 679. The lowest BCUT2D eigenvalue weighted by atomic mass is 10.0. The van der Waals surface area contributed by atoms with Gasteiger partial charge >= 0.3 is 0 Å². The average Bonchev–Trinajstić information content (AvgIpc) is 2.63. The zero-order valence-corrected chi connectivity index (χ0v) is 15.6. The second-order valence-corrected chi connectivity index (χ2v) is 6.14. The van der Waals surface area contributed by atoms with Gasteiger partial charge in [-0.05, 0) is 55.3 Å². The molecule has 0 aliphatic heterocycles. The first kappa shape index (κ1) is 19.9. The molecule has 2 aromatic carbocycles. The van der Waals surface area contributed by atoms with Crippen LogP contribution in [0.25, 0.3) is 0 Å². The first-order valence-corrected chi connectivity index (χ1v) is 8.65. The summed E-state index contributed by atoms with van der Waals surface area (Å²) < 4.78 is 21.5. The van der Waals surface area contributed by atoms with Crippen molar-refractivity contribution >= 4 is 6.29 Å². The summed E-state index contributed by atoms with van der Waals surface area (Å²) in [5, 5.41) is 0. The molecule has 0 bridgehead atoms. The Balaban J connectivity index is 2.06. The predicted octanol–water partition coefficient (Wildman–Crippen LogP) is 3.88. The Morgan fingerprint density at radius 3 is 2.46 bits per heavy atom. The number of methoxy groups -OCH3 is 1. The van der Waals surface area contributed by atoms with E-state index >= 15 is 0 Å². The van der Waals surface area contributed by atoms with Crippen molar-refractivity contribution in [2.24, 2.45) is 0 Å². The lowest BCUT2D eigenvalue weighted by molar-refractivity contribution is -0.0388. The molecule has 0 atom stereocenters. The molecule has 0 heterocycles. The SMILES string of the molecule is COCOCCOc1ccc(C=O)cc1Cc1ccc(OC(C)C)cc1. The highest BCUT2D eigenvalue weighted by molar-refractivity contribution is 5.75. The molecule has 0 aliphatic carbocycles. The maximum atomic E-state index is 11.1. The summed E-state index contributed by atoms with van der Waals surface area (Å²) in [6, 6.07) is 13.4. The lowest BCUT2D eigenvalue weighted by Crippen LogP contribution is -2.09. The molecule has 0 amide bonds. The smallest absolute Gasteiger partial charge is 0.150 e. The summed E-state index contributed by atoms with van der Waals surface area (Å²) in [6.07, 6.45) is 1.65. The number of rotatable bonds is 11. The van der Waals surface area contributed by atoms with Gasteiger partial charge in [-0.1, -0.05) is 12.1 Å². The van der Waals surface area contributed by atoms with Crippen LogP contribution >= 0.6 is 0 Å². The van der Waals surface area contributed by atoms with Crippen molar-refractivity contribution in [1.82, 2.24) is 0 Å². The third-order valence-corrected chi connectivity index (χ3v) is 3.60. The second-order valence-electron chi connectivity index (χ2n) is 6.14. The average molecular weight is 358 g/mol. The molecular weight excluding hydrogens is 332 g/mol. The van der Waals surface area contributed by atoms with Crippen LogP contribution in [0.15, 0.2) is 42.5 Å². The van der Waals surface area contributed by atoms with E-state index < -0.39 is 0 Å². The summed E-state index contributed by atoms with van der Waals surface area (Å²) >= 11 is 0. The molecular formula is C21H26O5.